The topological polar surface area (TPSA) is 49.4 Å². The Balaban J connectivity index is 1.70. The maximum Gasteiger partial charge on any atom is 0.251 e. The lowest BCUT2D eigenvalue weighted by Crippen LogP contribution is -2.53. The summed E-state index contributed by atoms with van der Waals surface area (Å²) in [5.74, 6) is 1.31. The fourth-order valence-electron chi connectivity index (χ4n) is 3.02. The number of carbonyl (C=O) groups excluding carboxylic acids is 1. The molecule has 1 fully saturated rings. The van der Waals surface area contributed by atoms with Gasteiger partial charge in [0, 0.05) is 34.4 Å². The first-order valence-electron chi connectivity index (χ1n) is 7.14. The minimum Gasteiger partial charge on any atom is -0.350 e. The van der Waals surface area contributed by atoms with Gasteiger partial charge in [-0.2, -0.15) is 0 Å². The van der Waals surface area contributed by atoms with Crippen LogP contribution in [-0.4, -0.2) is 52.7 Å². The third-order valence-corrected chi connectivity index (χ3v) is 6.08. The summed E-state index contributed by atoms with van der Waals surface area (Å²) in [6, 6.07) is 0. The summed E-state index contributed by atoms with van der Waals surface area (Å²) in [5.41, 5.74) is 2.65. The zero-order valence-corrected chi connectivity index (χ0v) is 13.2. The van der Waals surface area contributed by atoms with Crippen LogP contribution in [0.5, 0.6) is 0 Å². The van der Waals surface area contributed by atoms with Crippen molar-refractivity contribution in [2.45, 2.75) is 12.0 Å². The Morgan fingerprint density at radius 3 is 2.86 bits per heavy atom. The second-order valence-corrected chi connectivity index (χ2v) is 7.56. The molecular weight excluding hydrogens is 284 g/mol. The van der Waals surface area contributed by atoms with Crippen molar-refractivity contribution >= 4 is 16.7 Å². The molecule has 1 amide bonds. The van der Waals surface area contributed by atoms with Crippen LogP contribution in [0.25, 0.3) is 0 Å². The van der Waals surface area contributed by atoms with E-state index < -0.39 is 10.8 Å². The van der Waals surface area contributed by atoms with Crippen LogP contribution in [-0.2, 0) is 15.6 Å². The van der Waals surface area contributed by atoms with E-state index in [9.17, 15) is 9.00 Å². The highest BCUT2D eigenvalue weighted by Gasteiger charge is 2.40. The molecule has 5 heteroatoms. The number of likely N-dealkylation sites (N-methyl/N-ethyl adjacent to an activating group) is 1. The Morgan fingerprint density at radius 2 is 2.19 bits per heavy atom. The van der Waals surface area contributed by atoms with Crippen LogP contribution in [0.15, 0.2) is 47.1 Å². The van der Waals surface area contributed by atoms with Crippen LogP contribution in [0.4, 0.5) is 0 Å². The second kappa shape index (κ2) is 5.39. The van der Waals surface area contributed by atoms with E-state index in [0.29, 0.717) is 12.3 Å². The van der Waals surface area contributed by atoms with Crippen molar-refractivity contribution in [3.05, 3.63) is 47.1 Å². The van der Waals surface area contributed by atoms with Gasteiger partial charge in [-0.05, 0) is 37.7 Å². The standard InChI is InChI=1S/C16H20N2O2S/c1-18(2)16(8-9-21(20)11-16)10-17-15(19)14-7-6-12-4-3-5-13(12)14/h3-7H,8-11H2,1-2H3,(H,17,19). The number of hydrogen-bond donors (Lipinski definition) is 1. The third-order valence-electron chi connectivity index (χ3n) is 4.57. The van der Waals surface area contributed by atoms with Gasteiger partial charge < -0.3 is 10.2 Å². The summed E-state index contributed by atoms with van der Waals surface area (Å²) in [7, 11) is 3.21. The predicted octanol–water partition coefficient (Wildman–Crippen LogP) is 0.918. The second-order valence-electron chi connectivity index (χ2n) is 5.98. The number of fused-ring (bicyclic) bond motifs is 1. The van der Waals surface area contributed by atoms with E-state index in [1.54, 1.807) is 0 Å². The summed E-state index contributed by atoms with van der Waals surface area (Å²) >= 11 is 0. The Kier molecular flexibility index (Phi) is 3.71. The lowest BCUT2D eigenvalue weighted by molar-refractivity contribution is -0.117. The van der Waals surface area contributed by atoms with Crippen LogP contribution in [0, 0.1) is 0 Å². The third kappa shape index (κ3) is 2.56. The molecule has 112 valence electrons. The number of carbonyl (C=O) groups is 1. The lowest BCUT2D eigenvalue weighted by atomic mass is 9.97. The molecule has 0 aromatic carbocycles. The van der Waals surface area contributed by atoms with Crippen LogP contribution in [0.1, 0.15) is 6.42 Å². The molecule has 1 heterocycles. The van der Waals surface area contributed by atoms with Crippen molar-refractivity contribution in [1.29, 1.82) is 0 Å². The van der Waals surface area contributed by atoms with E-state index >= 15 is 0 Å². The molecule has 0 saturated carbocycles. The van der Waals surface area contributed by atoms with Gasteiger partial charge in [0.2, 0.25) is 0 Å². The van der Waals surface area contributed by atoms with Gasteiger partial charge in [-0.1, -0.05) is 24.3 Å². The van der Waals surface area contributed by atoms with Crippen LogP contribution in [0.3, 0.4) is 0 Å². The maximum atomic E-state index is 12.4. The molecule has 2 atom stereocenters. The predicted molar refractivity (Wildman–Crippen MR) is 85.3 cm³/mol. The van der Waals surface area contributed by atoms with Crippen LogP contribution < -0.4 is 5.32 Å². The average Bonchev–Trinajstić information content (AvgIpc) is 3.10. The summed E-state index contributed by atoms with van der Waals surface area (Å²) in [5, 5.41) is 3.04. The van der Waals surface area contributed by atoms with Crippen molar-refractivity contribution in [2.24, 2.45) is 0 Å². The smallest absolute Gasteiger partial charge is 0.251 e. The summed E-state index contributed by atoms with van der Waals surface area (Å²) in [6.45, 7) is 0.540. The quantitative estimate of drug-likeness (QED) is 0.840. The van der Waals surface area contributed by atoms with E-state index in [1.165, 1.54) is 0 Å². The molecular formula is C16H20N2O2S. The van der Waals surface area contributed by atoms with Crippen molar-refractivity contribution in [3.8, 4) is 0 Å². The monoisotopic (exact) mass is 304 g/mol. The molecule has 0 radical (unpaired) electrons. The van der Waals surface area contributed by atoms with Crippen LogP contribution >= 0.6 is 0 Å². The minimum atomic E-state index is -0.773. The van der Waals surface area contributed by atoms with Gasteiger partial charge in [0.15, 0.2) is 0 Å². The molecule has 0 spiro atoms. The Hall–Kier alpha value is -1.46. The van der Waals surface area contributed by atoms with E-state index in [-0.39, 0.29) is 11.4 Å². The fourth-order valence-corrected chi connectivity index (χ4v) is 4.88. The van der Waals surface area contributed by atoms with Gasteiger partial charge >= 0.3 is 0 Å². The number of nitrogens with one attached hydrogen (secondary N) is 1. The zero-order chi connectivity index (χ0) is 15.0. The molecule has 0 aromatic heterocycles. The number of allylic oxidation sites excluding steroid dienone is 6. The summed E-state index contributed by atoms with van der Waals surface area (Å²) in [6.07, 6.45) is 10.6. The molecule has 0 aromatic rings. The SMILES string of the molecule is CN(C)C1(CNC(=O)C2=C3C=CC=C3C=C2)CCS(=O)C1. The molecule has 1 N–H and O–H groups in total. The van der Waals surface area contributed by atoms with Gasteiger partial charge in [-0.15, -0.1) is 0 Å². The van der Waals surface area contributed by atoms with Gasteiger partial charge in [0.05, 0.1) is 5.54 Å². The molecule has 2 aliphatic carbocycles. The van der Waals surface area contributed by atoms with E-state index in [0.717, 1.165) is 28.9 Å². The summed E-state index contributed by atoms with van der Waals surface area (Å²) < 4.78 is 11.7. The Labute approximate surface area is 127 Å². The van der Waals surface area contributed by atoms with Gasteiger partial charge in [0.1, 0.15) is 0 Å². The highest BCUT2D eigenvalue weighted by Crippen LogP contribution is 2.30. The maximum absolute atomic E-state index is 12.4. The lowest BCUT2D eigenvalue weighted by Gasteiger charge is -2.35. The highest BCUT2D eigenvalue weighted by atomic mass is 32.2. The average molecular weight is 304 g/mol. The van der Waals surface area contributed by atoms with Gasteiger partial charge in [0.25, 0.3) is 5.91 Å². The van der Waals surface area contributed by atoms with Crippen molar-refractivity contribution in [2.75, 3.05) is 32.1 Å². The first-order chi connectivity index (χ1) is 10.0. The molecule has 1 aliphatic heterocycles. The molecule has 4 nitrogen and oxygen atoms in total. The van der Waals surface area contributed by atoms with Gasteiger partial charge in [-0.3, -0.25) is 9.00 Å². The molecule has 0 bridgehead atoms. The van der Waals surface area contributed by atoms with E-state index in [4.69, 9.17) is 0 Å². The van der Waals surface area contributed by atoms with E-state index in [2.05, 4.69) is 10.2 Å². The Bertz CT molecular complexity index is 628. The normalized spacial score (nSPS) is 30.2. The number of nitrogens with zero attached hydrogens (tertiary/aromatic N) is 1. The van der Waals surface area contributed by atoms with E-state index in [1.807, 2.05) is 44.5 Å². The number of amides is 1. The number of rotatable bonds is 4. The van der Waals surface area contributed by atoms with Crippen molar-refractivity contribution in [1.82, 2.24) is 10.2 Å². The molecule has 3 rings (SSSR count). The largest absolute Gasteiger partial charge is 0.350 e. The number of hydrogen-bond acceptors (Lipinski definition) is 3. The van der Waals surface area contributed by atoms with Crippen molar-refractivity contribution in [3.63, 3.8) is 0 Å². The van der Waals surface area contributed by atoms with Gasteiger partial charge in [-0.25, -0.2) is 0 Å². The first-order valence-corrected chi connectivity index (χ1v) is 8.62. The van der Waals surface area contributed by atoms with Crippen molar-refractivity contribution < 1.29 is 9.00 Å². The first kappa shape index (κ1) is 14.5. The molecule has 21 heavy (non-hydrogen) atoms. The molecule has 1 saturated heterocycles. The Morgan fingerprint density at radius 1 is 1.38 bits per heavy atom. The molecule has 2 unspecified atom stereocenters. The highest BCUT2D eigenvalue weighted by molar-refractivity contribution is 7.85. The minimum absolute atomic E-state index is 0.0462. The summed E-state index contributed by atoms with van der Waals surface area (Å²) in [4.78, 5) is 14.5. The van der Waals surface area contributed by atoms with Crippen LogP contribution in [0.2, 0.25) is 0 Å². The molecule has 3 aliphatic rings. The fraction of sp³-hybridized carbons (Fsp3) is 0.438. The zero-order valence-electron chi connectivity index (χ0n) is 12.4.